The molecule has 0 saturated carbocycles. The average molecular weight is 419 g/mol. The summed E-state index contributed by atoms with van der Waals surface area (Å²) >= 11 is 0. The molecule has 0 spiro atoms. The first-order chi connectivity index (χ1) is 13.6. The van der Waals surface area contributed by atoms with Crippen LogP contribution in [-0.4, -0.2) is 42.5 Å². The van der Waals surface area contributed by atoms with E-state index in [0.29, 0.717) is 10.9 Å². The van der Waals surface area contributed by atoms with Crippen LogP contribution in [0.5, 0.6) is 0 Å². The number of ketones is 1. The van der Waals surface area contributed by atoms with Crippen molar-refractivity contribution in [1.29, 1.82) is 0 Å². The zero-order chi connectivity index (χ0) is 21.3. The summed E-state index contributed by atoms with van der Waals surface area (Å²) < 4.78 is 37.3. The molecule has 0 radical (unpaired) electrons. The molecule has 0 aliphatic rings. The van der Waals surface area contributed by atoms with Crippen molar-refractivity contribution in [2.75, 3.05) is 0 Å². The predicted molar refractivity (Wildman–Crippen MR) is 104 cm³/mol. The number of hydrogen-bond acceptors (Lipinski definition) is 7. The Bertz CT molecular complexity index is 1160. The number of para-hydroxylation sites is 1. The van der Waals surface area contributed by atoms with E-state index in [0.717, 1.165) is 5.52 Å². The second-order valence-corrected chi connectivity index (χ2v) is 8.34. The number of aromatic amines is 1. The minimum Gasteiger partial charge on any atom is -0.453 e. The molecule has 2 N–H and O–H groups in total. The van der Waals surface area contributed by atoms with E-state index >= 15 is 0 Å². The molecule has 2 heterocycles. The first-order valence-corrected chi connectivity index (χ1v) is 10.4. The van der Waals surface area contributed by atoms with Gasteiger partial charge in [0.15, 0.2) is 11.9 Å². The van der Waals surface area contributed by atoms with E-state index in [2.05, 4.69) is 14.9 Å². The van der Waals surface area contributed by atoms with Crippen LogP contribution in [0.1, 0.15) is 35.7 Å². The molecule has 0 fully saturated rings. The summed E-state index contributed by atoms with van der Waals surface area (Å²) in [6.45, 7) is 5.72. The van der Waals surface area contributed by atoms with Gasteiger partial charge in [0.05, 0.1) is 0 Å². The lowest BCUT2D eigenvalue weighted by molar-refractivity contribution is -0.147. The lowest BCUT2D eigenvalue weighted by atomic mass is 10.1. The summed E-state index contributed by atoms with van der Waals surface area (Å²) in [4.78, 5) is 27.9. The van der Waals surface area contributed by atoms with Crippen LogP contribution >= 0.6 is 0 Å². The normalized spacial score (nSPS) is 13.9. The van der Waals surface area contributed by atoms with Crippen molar-refractivity contribution in [2.24, 2.45) is 0 Å². The molecule has 0 saturated heterocycles. The number of hydrogen-bond donors (Lipinski definition) is 2. The fourth-order valence-electron chi connectivity index (χ4n) is 3.02. The molecule has 1 aromatic carbocycles. The number of Topliss-reactive ketones (excluding diaryl/α,β-unsaturated/α-hetero) is 1. The van der Waals surface area contributed by atoms with Crippen molar-refractivity contribution in [3.8, 4) is 0 Å². The predicted octanol–water partition coefficient (Wildman–Crippen LogP) is 2.25. The van der Waals surface area contributed by atoms with Gasteiger partial charge in [0, 0.05) is 22.7 Å². The Hall–Kier alpha value is -2.98. The van der Waals surface area contributed by atoms with Crippen LogP contribution in [0.25, 0.3) is 10.9 Å². The molecule has 29 heavy (non-hydrogen) atoms. The zero-order valence-corrected chi connectivity index (χ0v) is 17.2. The molecule has 0 unspecified atom stereocenters. The number of sulfonamides is 1. The SMILES string of the molecule is Cc1noc(C)c1S(=O)(=O)N[C@@H](C)C(=O)O[C@@H](C)C(=O)c1c[nH]c2ccccc12. The van der Waals surface area contributed by atoms with Crippen LogP contribution in [0, 0.1) is 13.8 Å². The lowest BCUT2D eigenvalue weighted by Gasteiger charge is -2.17. The molecule has 2 aromatic heterocycles. The summed E-state index contributed by atoms with van der Waals surface area (Å²) in [5.74, 6) is -1.16. The number of fused-ring (bicyclic) bond motifs is 1. The second-order valence-electron chi connectivity index (χ2n) is 6.69. The maximum atomic E-state index is 12.7. The van der Waals surface area contributed by atoms with Gasteiger partial charge in [-0.1, -0.05) is 23.4 Å². The smallest absolute Gasteiger partial charge is 0.324 e. The minimum atomic E-state index is -4.05. The minimum absolute atomic E-state index is 0.110. The molecule has 0 amide bonds. The first-order valence-electron chi connectivity index (χ1n) is 8.88. The maximum Gasteiger partial charge on any atom is 0.324 e. The molecule has 154 valence electrons. The van der Waals surface area contributed by atoms with Gasteiger partial charge in [-0.15, -0.1) is 0 Å². The number of nitrogens with one attached hydrogen (secondary N) is 2. The van der Waals surface area contributed by atoms with Gasteiger partial charge in [0.1, 0.15) is 16.6 Å². The van der Waals surface area contributed by atoms with Gasteiger partial charge in [-0.3, -0.25) is 9.59 Å². The molecule has 2 atom stereocenters. The third-order valence-electron chi connectivity index (χ3n) is 4.44. The van der Waals surface area contributed by atoms with Crippen molar-refractivity contribution in [1.82, 2.24) is 14.9 Å². The number of carbonyl (C=O) groups is 2. The molecule has 10 heteroatoms. The summed E-state index contributed by atoms with van der Waals surface area (Å²) in [6.07, 6.45) is 0.466. The number of carbonyl (C=O) groups excluding carboxylic acids is 2. The van der Waals surface area contributed by atoms with E-state index in [4.69, 9.17) is 9.26 Å². The number of ether oxygens (including phenoxy) is 1. The molecule has 0 bridgehead atoms. The third kappa shape index (κ3) is 4.08. The lowest BCUT2D eigenvalue weighted by Crippen LogP contribution is -2.41. The highest BCUT2D eigenvalue weighted by Gasteiger charge is 2.30. The Morgan fingerprint density at radius 1 is 1.21 bits per heavy atom. The monoisotopic (exact) mass is 419 g/mol. The highest BCUT2D eigenvalue weighted by atomic mass is 32.2. The zero-order valence-electron chi connectivity index (χ0n) is 16.3. The fraction of sp³-hybridized carbons (Fsp3) is 0.316. The van der Waals surface area contributed by atoms with Crippen molar-refractivity contribution < 1.29 is 27.3 Å². The second kappa shape index (κ2) is 7.80. The molecule has 0 aliphatic carbocycles. The number of nitrogens with zero attached hydrogens (tertiary/aromatic N) is 1. The Morgan fingerprint density at radius 2 is 1.90 bits per heavy atom. The Kier molecular flexibility index (Phi) is 5.58. The maximum absolute atomic E-state index is 12.7. The van der Waals surface area contributed by atoms with Crippen LogP contribution in [0.15, 0.2) is 39.9 Å². The molecular weight excluding hydrogens is 398 g/mol. The topological polar surface area (TPSA) is 131 Å². The van der Waals surface area contributed by atoms with E-state index in [1.54, 1.807) is 18.3 Å². The van der Waals surface area contributed by atoms with Crippen molar-refractivity contribution in [2.45, 2.75) is 44.7 Å². The van der Waals surface area contributed by atoms with E-state index < -0.39 is 33.9 Å². The largest absolute Gasteiger partial charge is 0.453 e. The van der Waals surface area contributed by atoms with Crippen molar-refractivity contribution in [3.05, 3.63) is 47.5 Å². The van der Waals surface area contributed by atoms with Crippen LogP contribution in [-0.2, 0) is 19.6 Å². The van der Waals surface area contributed by atoms with Gasteiger partial charge in [-0.2, -0.15) is 4.72 Å². The van der Waals surface area contributed by atoms with Gasteiger partial charge < -0.3 is 14.2 Å². The molecular formula is C19H21N3O6S. The number of benzene rings is 1. The van der Waals surface area contributed by atoms with Gasteiger partial charge >= 0.3 is 5.97 Å². The highest BCUT2D eigenvalue weighted by Crippen LogP contribution is 2.21. The number of aromatic nitrogens is 2. The molecule has 0 aliphatic heterocycles. The summed E-state index contributed by atoms with van der Waals surface area (Å²) in [5.41, 5.74) is 1.36. The average Bonchev–Trinajstić information content (AvgIpc) is 3.23. The van der Waals surface area contributed by atoms with Gasteiger partial charge in [-0.25, -0.2) is 8.42 Å². The quantitative estimate of drug-likeness (QED) is 0.443. The third-order valence-corrected chi connectivity index (χ3v) is 6.22. The van der Waals surface area contributed by atoms with Crippen LogP contribution < -0.4 is 4.72 Å². The standard InChI is InChI=1S/C19H21N3O6S/c1-10-18(13(4)28-21-10)29(25,26)22-11(2)19(24)27-12(3)17(23)15-9-20-16-8-6-5-7-14(15)16/h5-9,11-12,20,22H,1-4H3/t11-,12-/m0/s1. The van der Waals surface area contributed by atoms with E-state index in [1.165, 1.54) is 27.7 Å². The van der Waals surface area contributed by atoms with Gasteiger partial charge in [0.2, 0.25) is 15.8 Å². The van der Waals surface area contributed by atoms with E-state index in [-0.39, 0.29) is 16.3 Å². The van der Waals surface area contributed by atoms with Crippen LogP contribution in [0.4, 0.5) is 0 Å². The molecule has 3 rings (SSSR count). The molecule has 9 nitrogen and oxygen atoms in total. The number of rotatable bonds is 7. The fourth-order valence-corrected chi connectivity index (χ4v) is 4.54. The number of H-pyrrole nitrogens is 1. The first kappa shape index (κ1) is 20.7. The van der Waals surface area contributed by atoms with E-state index in [9.17, 15) is 18.0 Å². The van der Waals surface area contributed by atoms with Gasteiger partial charge in [0.25, 0.3) is 0 Å². The molecule has 3 aromatic rings. The van der Waals surface area contributed by atoms with Gasteiger partial charge in [-0.05, 0) is 33.8 Å². The van der Waals surface area contributed by atoms with Crippen LogP contribution in [0.2, 0.25) is 0 Å². The van der Waals surface area contributed by atoms with E-state index in [1.807, 2.05) is 12.1 Å². The summed E-state index contributed by atoms with van der Waals surface area (Å²) in [5, 5.41) is 4.32. The number of aryl methyl sites for hydroxylation is 2. The number of esters is 1. The summed E-state index contributed by atoms with van der Waals surface area (Å²) in [6, 6.07) is 6.03. The Labute approximate surface area is 167 Å². The highest BCUT2D eigenvalue weighted by molar-refractivity contribution is 7.89. The van der Waals surface area contributed by atoms with Crippen LogP contribution in [0.3, 0.4) is 0 Å². The summed E-state index contributed by atoms with van der Waals surface area (Å²) in [7, 11) is -4.05. The van der Waals surface area contributed by atoms with Crippen molar-refractivity contribution in [3.63, 3.8) is 0 Å². The Morgan fingerprint density at radius 3 is 2.55 bits per heavy atom. The Balaban J connectivity index is 1.70. The van der Waals surface area contributed by atoms with Crippen molar-refractivity contribution >= 4 is 32.7 Å².